The molecule has 2 aliphatic heterocycles. The molecule has 25 heavy (non-hydrogen) atoms. The van der Waals surface area contributed by atoms with Crippen molar-refractivity contribution in [3.8, 4) is 0 Å². The van der Waals surface area contributed by atoms with E-state index in [0.717, 1.165) is 54.5 Å². The van der Waals surface area contributed by atoms with Crippen molar-refractivity contribution in [2.45, 2.75) is 70.5 Å². The van der Waals surface area contributed by atoms with Gasteiger partial charge in [-0.15, -0.1) is 0 Å². The van der Waals surface area contributed by atoms with Crippen LogP contribution in [0.25, 0.3) is 5.57 Å². The van der Waals surface area contributed by atoms with Crippen molar-refractivity contribution in [1.29, 1.82) is 0 Å². The summed E-state index contributed by atoms with van der Waals surface area (Å²) in [6.45, 7) is 6.82. The summed E-state index contributed by atoms with van der Waals surface area (Å²) in [6, 6.07) is 4.09. The van der Waals surface area contributed by atoms with E-state index in [0.29, 0.717) is 18.4 Å². The molecule has 0 bridgehead atoms. The number of rotatable bonds is 1. The van der Waals surface area contributed by atoms with Crippen molar-refractivity contribution in [3.05, 3.63) is 40.1 Å². The van der Waals surface area contributed by atoms with E-state index in [1.165, 1.54) is 0 Å². The zero-order chi connectivity index (χ0) is 17.8. The average Bonchev–Trinajstić information content (AvgIpc) is 3.09. The van der Waals surface area contributed by atoms with Crippen LogP contribution in [0.4, 0.5) is 0 Å². The molecule has 1 saturated heterocycles. The van der Waals surface area contributed by atoms with E-state index < -0.39 is 11.6 Å². The highest BCUT2D eigenvalue weighted by molar-refractivity contribution is 6.20. The van der Waals surface area contributed by atoms with Gasteiger partial charge in [0.2, 0.25) is 0 Å². The van der Waals surface area contributed by atoms with Gasteiger partial charge in [-0.1, -0.05) is 17.7 Å². The summed E-state index contributed by atoms with van der Waals surface area (Å²) in [6.07, 6.45) is 5.12. The molecule has 1 saturated carbocycles. The van der Waals surface area contributed by atoms with E-state index in [1.807, 2.05) is 32.9 Å². The second-order valence-electron chi connectivity index (χ2n) is 8.02. The van der Waals surface area contributed by atoms with Gasteiger partial charge in [0.05, 0.1) is 5.60 Å². The van der Waals surface area contributed by atoms with Crippen LogP contribution in [0.2, 0.25) is 0 Å². The molecular weight excluding hydrogens is 316 g/mol. The Balaban J connectivity index is 1.71. The van der Waals surface area contributed by atoms with Gasteiger partial charge in [0, 0.05) is 6.61 Å². The molecule has 2 heterocycles. The molecule has 134 valence electrons. The summed E-state index contributed by atoms with van der Waals surface area (Å²) in [4.78, 5) is 12.7. The quantitative estimate of drug-likeness (QED) is 0.773. The van der Waals surface area contributed by atoms with E-state index >= 15 is 0 Å². The first-order chi connectivity index (χ1) is 11.9. The molecule has 0 unspecified atom stereocenters. The van der Waals surface area contributed by atoms with Gasteiger partial charge in [-0.2, -0.15) is 0 Å². The molecule has 0 radical (unpaired) electrons. The standard InChI is InChI=1S/C21H26O4/c1-13-11-14(2)16(15(3)12-13)17-18(22)21(25-19(17)23)8-6-20(7-9-21)5-4-10-24-20/h11-12,22H,4-10H2,1-3H3/t20-,21+. The van der Waals surface area contributed by atoms with Crippen LogP contribution >= 0.6 is 0 Å². The third-order valence-corrected chi connectivity index (χ3v) is 6.24. The minimum atomic E-state index is -0.854. The Bertz CT molecular complexity index is 735. The van der Waals surface area contributed by atoms with Crippen molar-refractivity contribution < 1.29 is 19.4 Å². The molecule has 2 fully saturated rings. The summed E-state index contributed by atoms with van der Waals surface area (Å²) < 4.78 is 11.8. The van der Waals surface area contributed by atoms with Gasteiger partial charge in [0.15, 0.2) is 11.4 Å². The highest BCUT2D eigenvalue weighted by Gasteiger charge is 2.54. The Hall–Kier alpha value is -1.81. The largest absolute Gasteiger partial charge is 0.507 e. The number of hydrogen-bond acceptors (Lipinski definition) is 4. The van der Waals surface area contributed by atoms with E-state index in [9.17, 15) is 9.90 Å². The van der Waals surface area contributed by atoms with Crippen LogP contribution < -0.4 is 0 Å². The lowest BCUT2D eigenvalue weighted by Gasteiger charge is -2.41. The summed E-state index contributed by atoms with van der Waals surface area (Å²) in [7, 11) is 0. The molecule has 4 heteroatoms. The monoisotopic (exact) mass is 342 g/mol. The zero-order valence-electron chi connectivity index (χ0n) is 15.3. The average molecular weight is 342 g/mol. The topological polar surface area (TPSA) is 55.8 Å². The first kappa shape index (κ1) is 16.6. The molecule has 2 spiro atoms. The van der Waals surface area contributed by atoms with Crippen molar-refractivity contribution in [2.24, 2.45) is 0 Å². The summed E-state index contributed by atoms with van der Waals surface area (Å²) >= 11 is 0. The molecule has 0 aromatic heterocycles. The zero-order valence-corrected chi connectivity index (χ0v) is 15.3. The smallest absolute Gasteiger partial charge is 0.343 e. The normalized spacial score (nSPS) is 32.0. The van der Waals surface area contributed by atoms with Gasteiger partial charge in [-0.25, -0.2) is 4.79 Å². The van der Waals surface area contributed by atoms with Crippen LogP contribution in [0.1, 0.15) is 60.8 Å². The number of aliphatic hydroxyl groups excluding tert-OH is 1. The molecule has 1 aromatic carbocycles. The van der Waals surface area contributed by atoms with E-state index in [-0.39, 0.29) is 11.4 Å². The van der Waals surface area contributed by atoms with Gasteiger partial charge < -0.3 is 14.6 Å². The molecule has 4 nitrogen and oxygen atoms in total. The van der Waals surface area contributed by atoms with Gasteiger partial charge in [0.1, 0.15) is 5.57 Å². The molecule has 0 amide bonds. The van der Waals surface area contributed by atoms with Crippen LogP contribution in [0.15, 0.2) is 17.9 Å². The predicted molar refractivity (Wildman–Crippen MR) is 95.4 cm³/mol. The molecule has 1 aromatic rings. The maximum absolute atomic E-state index is 12.7. The number of aliphatic hydroxyl groups is 1. The van der Waals surface area contributed by atoms with E-state index in [1.54, 1.807) is 0 Å². The Morgan fingerprint density at radius 2 is 1.64 bits per heavy atom. The third kappa shape index (κ3) is 2.50. The first-order valence-corrected chi connectivity index (χ1v) is 9.25. The molecule has 1 aliphatic carbocycles. The molecule has 3 aliphatic rings. The lowest BCUT2D eigenvalue weighted by atomic mass is 9.73. The highest BCUT2D eigenvalue weighted by atomic mass is 16.6. The van der Waals surface area contributed by atoms with Gasteiger partial charge in [-0.3, -0.25) is 0 Å². The van der Waals surface area contributed by atoms with Crippen LogP contribution in [0, 0.1) is 20.8 Å². The first-order valence-electron chi connectivity index (χ1n) is 9.25. The van der Waals surface area contributed by atoms with Crippen LogP contribution in [-0.2, 0) is 14.3 Å². The van der Waals surface area contributed by atoms with Crippen LogP contribution in [0.3, 0.4) is 0 Å². The van der Waals surface area contributed by atoms with Crippen LogP contribution in [-0.4, -0.2) is 28.9 Å². The number of ether oxygens (including phenoxy) is 2. The van der Waals surface area contributed by atoms with Crippen LogP contribution in [0.5, 0.6) is 0 Å². The summed E-state index contributed by atoms with van der Waals surface area (Å²) in [5.74, 6) is -0.267. The fourth-order valence-corrected chi connectivity index (χ4v) is 4.99. The summed E-state index contributed by atoms with van der Waals surface area (Å²) in [5.41, 5.74) is 3.42. The lowest BCUT2D eigenvalue weighted by molar-refractivity contribution is -0.156. The Kier molecular flexibility index (Phi) is 3.73. The molecule has 1 N–H and O–H groups in total. The van der Waals surface area contributed by atoms with Crippen molar-refractivity contribution in [3.63, 3.8) is 0 Å². The van der Waals surface area contributed by atoms with Gasteiger partial charge >= 0.3 is 5.97 Å². The lowest BCUT2D eigenvalue weighted by Crippen LogP contribution is -2.44. The van der Waals surface area contributed by atoms with Crippen molar-refractivity contribution in [2.75, 3.05) is 6.61 Å². The predicted octanol–water partition coefficient (Wildman–Crippen LogP) is 4.30. The summed E-state index contributed by atoms with van der Waals surface area (Å²) in [5, 5.41) is 11.0. The molecule has 4 rings (SSSR count). The number of hydrogen-bond donors (Lipinski definition) is 1. The number of benzene rings is 1. The maximum Gasteiger partial charge on any atom is 0.343 e. The van der Waals surface area contributed by atoms with Gasteiger partial charge in [0.25, 0.3) is 0 Å². The second-order valence-corrected chi connectivity index (χ2v) is 8.02. The van der Waals surface area contributed by atoms with E-state index in [2.05, 4.69) is 0 Å². The Morgan fingerprint density at radius 3 is 2.20 bits per heavy atom. The Labute approximate surface area is 148 Å². The fraction of sp³-hybridized carbons (Fsp3) is 0.571. The molecular formula is C21H26O4. The minimum absolute atomic E-state index is 0.0591. The Morgan fingerprint density at radius 1 is 1.00 bits per heavy atom. The number of carbonyl (C=O) groups excluding carboxylic acids is 1. The maximum atomic E-state index is 12.7. The van der Waals surface area contributed by atoms with Crippen molar-refractivity contribution >= 4 is 11.5 Å². The minimum Gasteiger partial charge on any atom is -0.507 e. The number of aryl methyl sites for hydroxylation is 3. The van der Waals surface area contributed by atoms with E-state index in [4.69, 9.17) is 9.47 Å². The fourth-order valence-electron chi connectivity index (χ4n) is 4.99. The number of carbonyl (C=O) groups is 1. The number of esters is 1. The van der Waals surface area contributed by atoms with Gasteiger partial charge in [-0.05, 0) is 76.0 Å². The highest BCUT2D eigenvalue weighted by Crippen LogP contribution is 2.51. The second kappa shape index (κ2) is 5.60. The third-order valence-electron chi connectivity index (χ3n) is 6.24. The SMILES string of the molecule is Cc1cc(C)c(C2=C(O)[C@]3(CC[C@@]4(CCCO4)CC3)OC2=O)c(C)c1. The van der Waals surface area contributed by atoms with Crippen molar-refractivity contribution in [1.82, 2.24) is 0 Å². The molecule has 0 atom stereocenters.